The minimum absolute atomic E-state index is 0. The number of imidazole rings is 1. The second kappa shape index (κ2) is 13.2. The fraction of sp³-hybridized carbons (Fsp3) is 0.480. The van der Waals surface area contributed by atoms with Gasteiger partial charge in [0.25, 0.3) is 0 Å². The number of benzene rings is 1. The molecule has 0 aliphatic carbocycles. The number of carbonyl (C=O) groups excluding carboxylic acids is 1. The van der Waals surface area contributed by atoms with Crippen LogP contribution in [0.2, 0.25) is 0 Å². The topological polar surface area (TPSA) is 59.7 Å². The van der Waals surface area contributed by atoms with E-state index in [2.05, 4.69) is 28.7 Å². The molecule has 174 valence electrons. The molecule has 0 saturated carbocycles. The lowest BCUT2D eigenvalue weighted by Gasteiger charge is -2.21. The number of nitrogens with zero attached hydrogens (tertiary/aromatic N) is 4. The second-order valence-electron chi connectivity index (χ2n) is 7.99. The van der Waals surface area contributed by atoms with Gasteiger partial charge in [-0.25, -0.2) is 9.97 Å². The maximum Gasteiger partial charge on any atom is 0.234 e. The van der Waals surface area contributed by atoms with E-state index < -0.39 is 0 Å². The SMILES string of the molecule is CCCCN(CCCC)CCCOc1ccc(C(=O)c2cnc3nc(C)ccn23)cc1.Cl. The third-order valence-corrected chi connectivity index (χ3v) is 5.41. The van der Waals surface area contributed by atoms with Gasteiger partial charge in [0.15, 0.2) is 0 Å². The number of hydrogen-bond acceptors (Lipinski definition) is 5. The molecule has 7 heteroatoms. The molecule has 1 aromatic carbocycles. The first-order valence-electron chi connectivity index (χ1n) is 11.4. The Morgan fingerprint density at radius 2 is 1.66 bits per heavy atom. The summed E-state index contributed by atoms with van der Waals surface area (Å²) in [5.74, 6) is 1.25. The Kier molecular flexibility index (Phi) is 10.6. The zero-order valence-electron chi connectivity index (χ0n) is 19.4. The number of ketones is 1. The van der Waals surface area contributed by atoms with Crippen molar-refractivity contribution in [3.8, 4) is 5.75 Å². The van der Waals surface area contributed by atoms with E-state index in [9.17, 15) is 4.79 Å². The van der Waals surface area contributed by atoms with E-state index in [4.69, 9.17) is 4.74 Å². The van der Waals surface area contributed by atoms with Crippen molar-refractivity contribution < 1.29 is 9.53 Å². The first kappa shape index (κ1) is 25.8. The third-order valence-electron chi connectivity index (χ3n) is 5.41. The maximum absolute atomic E-state index is 12.9. The van der Waals surface area contributed by atoms with E-state index in [-0.39, 0.29) is 18.2 Å². The molecule has 0 aliphatic rings. The van der Waals surface area contributed by atoms with E-state index >= 15 is 0 Å². The van der Waals surface area contributed by atoms with Gasteiger partial charge in [-0.05, 0) is 69.6 Å². The molecule has 2 aromatic heterocycles. The number of carbonyl (C=O) groups is 1. The Bertz CT molecular complexity index is 964. The molecule has 0 saturated heterocycles. The highest BCUT2D eigenvalue weighted by Gasteiger charge is 2.15. The second-order valence-corrected chi connectivity index (χ2v) is 7.99. The molecule has 0 atom stereocenters. The van der Waals surface area contributed by atoms with Crippen LogP contribution < -0.4 is 4.74 Å². The average molecular weight is 459 g/mol. The minimum atomic E-state index is -0.0767. The molecule has 6 nitrogen and oxygen atoms in total. The Morgan fingerprint density at radius 3 is 2.31 bits per heavy atom. The Morgan fingerprint density at radius 1 is 1.00 bits per heavy atom. The van der Waals surface area contributed by atoms with Gasteiger partial charge in [0, 0.05) is 24.0 Å². The van der Waals surface area contributed by atoms with Gasteiger partial charge in [-0.3, -0.25) is 9.20 Å². The van der Waals surface area contributed by atoms with Gasteiger partial charge in [0.1, 0.15) is 11.4 Å². The predicted octanol–water partition coefficient (Wildman–Crippen LogP) is 5.36. The Hall–Kier alpha value is -2.44. The third kappa shape index (κ3) is 7.04. The van der Waals surface area contributed by atoms with Crippen LogP contribution in [0, 0.1) is 6.92 Å². The molecule has 0 N–H and O–H groups in total. The number of unbranched alkanes of at least 4 members (excludes halogenated alkanes) is 2. The minimum Gasteiger partial charge on any atom is -0.494 e. The Labute approximate surface area is 197 Å². The van der Waals surface area contributed by atoms with Crippen molar-refractivity contribution in [1.82, 2.24) is 19.3 Å². The summed E-state index contributed by atoms with van der Waals surface area (Å²) < 4.78 is 7.63. The predicted molar refractivity (Wildman–Crippen MR) is 131 cm³/mol. The lowest BCUT2D eigenvalue weighted by molar-refractivity contribution is 0.103. The van der Waals surface area contributed by atoms with Gasteiger partial charge in [0.05, 0.1) is 12.8 Å². The van der Waals surface area contributed by atoms with Gasteiger partial charge < -0.3 is 9.64 Å². The molecule has 0 unspecified atom stereocenters. The van der Waals surface area contributed by atoms with Crippen molar-refractivity contribution in [3.05, 3.63) is 59.7 Å². The van der Waals surface area contributed by atoms with Gasteiger partial charge in [0.2, 0.25) is 11.6 Å². The molecule has 3 rings (SSSR count). The number of aryl methyl sites for hydroxylation is 1. The van der Waals surface area contributed by atoms with Gasteiger partial charge in [-0.15, -0.1) is 12.4 Å². The molecule has 0 radical (unpaired) electrons. The summed E-state index contributed by atoms with van der Waals surface area (Å²) >= 11 is 0. The van der Waals surface area contributed by atoms with E-state index in [1.165, 1.54) is 38.8 Å². The zero-order chi connectivity index (χ0) is 22.1. The van der Waals surface area contributed by atoms with Crippen molar-refractivity contribution in [2.45, 2.75) is 52.9 Å². The van der Waals surface area contributed by atoms with Crippen LogP contribution in [-0.2, 0) is 0 Å². The lowest BCUT2D eigenvalue weighted by atomic mass is 10.1. The molecule has 3 aromatic rings. The smallest absolute Gasteiger partial charge is 0.234 e. The fourth-order valence-corrected chi connectivity index (χ4v) is 3.55. The summed E-state index contributed by atoms with van der Waals surface area (Å²) in [6, 6.07) is 9.23. The Balaban J connectivity index is 0.00000363. The first-order chi connectivity index (χ1) is 15.1. The molecule has 32 heavy (non-hydrogen) atoms. The van der Waals surface area contributed by atoms with E-state index in [1.807, 2.05) is 43.5 Å². The lowest BCUT2D eigenvalue weighted by Crippen LogP contribution is -2.28. The molecule has 0 fully saturated rings. The van der Waals surface area contributed by atoms with Crippen molar-refractivity contribution in [2.24, 2.45) is 0 Å². The van der Waals surface area contributed by atoms with Crippen LogP contribution >= 0.6 is 12.4 Å². The summed E-state index contributed by atoms with van der Waals surface area (Å²) in [6.45, 7) is 10.5. The summed E-state index contributed by atoms with van der Waals surface area (Å²) in [7, 11) is 0. The molecular formula is C25H35ClN4O2. The quantitative estimate of drug-likeness (QED) is 0.255. The highest BCUT2D eigenvalue weighted by Crippen LogP contribution is 2.17. The van der Waals surface area contributed by atoms with Crippen LogP contribution in [-0.4, -0.2) is 51.3 Å². The standard InChI is InChI=1S/C25H34N4O2.ClH/c1-4-6-14-28(15-7-5-2)16-8-18-31-22-11-9-21(10-12-22)24(30)23-19-26-25-27-20(3)13-17-29(23)25;/h9-13,17,19H,4-8,14-16,18H2,1-3H3;1H. The summed E-state index contributed by atoms with van der Waals surface area (Å²) in [5, 5.41) is 0. The molecule has 0 aliphatic heterocycles. The average Bonchev–Trinajstić information content (AvgIpc) is 3.20. The molecule has 2 heterocycles. The van der Waals surface area contributed by atoms with E-state index in [0.717, 1.165) is 24.4 Å². The number of fused-ring (bicyclic) bond motifs is 1. The van der Waals surface area contributed by atoms with Crippen molar-refractivity contribution in [3.63, 3.8) is 0 Å². The molecule has 0 spiro atoms. The van der Waals surface area contributed by atoms with Gasteiger partial charge in [-0.1, -0.05) is 26.7 Å². The summed E-state index contributed by atoms with van der Waals surface area (Å²) in [6.07, 6.45) is 9.38. The van der Waals surface area contributed by atoms with Crippen molar-refractivity contribution >= 4 is 24.0 Å². The number of aromatic nitrogens is 3. The number of hydrogen-bond donors (Lipinski definition) is 0. The maximum atomic E-state index is 12.9. The van der Waals surface area contributed by atoms with Crippen molar-refractivity contribution in [1.29, 1.82) is 0 Å². The van der Waals surface area contributed by atoms with Crippen LogP contribution in [0.3, 0.4) is 0 Å². The van der Waals surface area contributed by atoms with E-state index in [0.29, 0.717) is 23.6 Å². The molecular weight excluding hydrogens is 424 g/mol. The summed E-state index contributed by atoms with van der Waals surface area (Å²) in [4.78, 5) is 24.0. The van der Waals surface area contributed by atoms with Gasteiger partial charge in [-0.2, -0.15) is 0 Å². The van der Waals surface area contributed by atoms with Crippen molar-refractivity contribution in [2.75, 3.05) is 26.2 Å². The number of halogens is 1. The molecule has 0 amide bonds. The summed E-state index contributed by atoms with van der Waals surface area (Å²) in [5.41, 5.74) is 1.99. The van der Waals surface area contributed by atoms with Crippen LogP contribution in [0.5, 0.6) is 5.75 Å². The normalized spacial score (nSPS) is 11.0. The fourth-order valence-electron chi connectivity index (χ4n) is 3.55. The largest absolute Gasteiger partial charge is 0.494 e. The highest BCUT2D eigenvalue weighted by atomic mass is 35.5. The van der Waals surface area contributed by atoms with Gasteiger partial charge >= 0.3 is 0 Å². The van der Waals surface area contributed by atoms with Crippen LogP contribution in [0.1, 0.15) is 67.7 Å². The van der Waals surface area contributed by atoms with E-state index in [1.54, 1.807) is 10.6 Å². The molecule has 0 bridgehead atoms. The van der Waals surface area contributed by atoms with Crippen LogP contribution in [0.25, 0.3) is 5.78 Å². The monoisotopic (exact) mass is 458 g/mol. The zero-order valence-corrected chi connectivity index (χ0v) is 20.2. The number of rotatable bonds is 13. The first-order valence-corrected chi connectivity index (χ1v) is 11.4. The van der Waals surface area contributed by atoms with Crippen LogP contribution in [0.15, 0.2) is 42.7 Å². The van der Waals surface area contributed by atoms with Crippen LogP contribution in [0.4, 0.5) is 0 Å². The highest BCUT2D eigenvalue weighted by molar-refractivity contribution is 6.08. The number of ether oxygens (including phenoxy) is 1.